The van der Waals surface area contributed by atoms with Gasteiger partial charge in [-0.15, -0.1) is 0 Å². The van der Waals surface area contributed by atoms with Gasteiger partial charge in [-0.1, -0.05) is 0 Å². The van der Waals surface area contributed by atoms with E-state index in [-0.39, 0.29) is 5.97 Å². The number of carbonyl (C=O) groups is 1. The minimum absolute atomic E-state index is 0.177. The van der Waals surface area contributed by atoms with Crippen LogP contribution < -0.4 is 0 Å². The summed E-state index contributed by atoms with van der Waals surface area (Å²) in [5.41, 5.74) is 3.18. The van der Waals surface area contributed by atoms with Crippen molar-refractivity contribution in [1.82, 2.24) is 9.78 Å². The van der Waals surface area contributed by atoms with Crippen LogP contribution in [-0.2, 0) is 3.07 Å². The molecule has 1 heterocycles. The molecule has 0 amide bonds. The molecule has 124 valence electrons. The summed E-state index contributed by atoms with van der Waals surface area (Å²) in [5, 5.41) is 4.55. The summed E-state index contributed by atoms with van der Waals surface area (Å²) < 4.78 is 11.0. The molecule has 4 nitrogen and oxygen atoms in total. The van der Waals surface area contributed by atoms with Crippen molar-refractivity contribution in [2.45, 2.75) is 47.9 Å². The first-order valence-electron chi connectivity index (χ1n) is 8.33. The first kappa shape index (κ1) is 18.0. The SMILES string of the molecule is C[CH2][Sn]([CH2]C)([CH2]C)[O]C(=O)c1c(C)nn(-c2ccccc2)c1C. The summed E-state index contributed by atoms with van der Waals surface area (Å²) in [5.74, 6) is -0.177. The van der Waals surface area contributed by atoms with Crippen molar-refractivity contribution in [3.8, 4) is 5.69 Å². The molecule has 0 atom stereocenters. The molecule has 0 saturated carbocycles. The molecular formula is C18H26N2O2Sn. The van der Waals surface area contributed by atoms with Gasteiger partial charge in [-0.2, -0.15) is 0 Å². The van der Waals surface area contributed by atoms with Gasteiger partial charge in [0.05, 0.1) is 0 Å². The molecule has 0 aliphatic rings. The average Bonchev–Trinajstić information content (AvgIpc) is 2.88. The Kier molecular flexibility index (Phi) is 5.89. The molecule has 2 aromatic rings. The van der Waals surface area contributed by atoms with E-state index in [4.69, 9.17) is 3.07 Å². The Morgan fingerprint density at radius 1 is 1.09 bits per heavy atom. The van der Waals surface area contributed by atoms with E-state index in [0.717, 1.165) is 30.4 Å². The number of para-hydroxylation sites is 1. The van der Waals surface area contributed by atoms with E-state index in [1.165, 1.54) is 0 Å². The number of aromatic nitrogens is 2. The van der Waals surface area contributed by atoms with Gasteiger partial charge in [-0.25, -0.2) is 0 Å². The summed E-state index contributed by atoms with van der Waals surface area (Å²) >= 11 is -2.78. The maximum atomic E-state index is 12.8. The Balaban J connectivity index is 2.37. The Hall–Kier alpha value is -1.30. The van der Waals surface area contributed by atoms with Gasteiger partial charge < -0.3 is 0 Å². The van der Waals surface area contributed by atoms with Gasteiger partial charge in [0.15, 0.2) is 0 Å². The van der Waals surface area contributed by atoms with Crippen LogP contribution >= 0.6 is 0 Å². The van der Waals surface area contributed by atoms with Crippen molar-refractivity contribution >= 4 is 24.8 Å². The number of carbonyl (C=O) groups excluding carboxylic acids is 1. The Bertz CT molecular complexity index is 668. The van der Waals surface area contributed by atoms with E-state index < -0.39 is 18.8 Å². The van der Waals surface area contributed by atoms with E-state index in [9.17, 15) is 4.79 Å². The monoisotopic (exact) mass is 422 g/mol. The number of hydrogen-bond acceptors (Lipinski definition) is 3. The Morgan fingerprint density at radius 3 is 2.17 bits per heavy atom. The van der Waals surface area contributed by atoms with Crippen LogP contribution in [0, 0.1) is 13.8 Å². The third kappa shape index (κ3) is 3.62. The zero-order valence-corrected chi connectivity index (χ0v) is 17.6. The van der Waals surface area contributed by atoms with E-state index in [0.29, 0.717) is 5.56 Å². The first-order valence-corrected chi connectivity index (χ1v) is 15.5. The molecule has 5 heteroatoms. The van der Waals surface area contributed by atoms with Crippen molar-refractivity contribution in [3.05, 3.63) is 47.3 Å². The molecule has 23 heavy (non-hydrogen) atoms. The van der Waals surface area contributed by atoms with Gasteiger partial charge in [-0.05, 0) is 0 Å². The zero-order chi connectivity index (χ0) is 17.0. The van der Waals surface area contributed by atoms with E-state index in [1.54, 1.807) is 0 Å². The van der Waals surface area contributed by atoms with Crippen LogP contribution in [0.1, 0.15) is 42.5 Å². The van der Waals surface area contributed by atoms with Crippen LogP contribution in [0.5, 0.6) is 0 Å². The summed E-state index contributed by atoms with van der Waals surface area (Å²) in [7, 11) is 0. The third-order valence-electron chi connectivity index (χ3n) is 4.74. The van der Waals surface area contributed by atoms with Crippen molar-refractivity contribution in [2.24, 2.45) is 0 Å². The van der Waals surface area contributed by atoms with Gasteiger partial charge in [0.25, 0.3) is 0 Å². The number of aryl methyl sites for hydroxylation is 1. The predicted octanol–water partition coefficient (Wildman–Crippen LogP) is 4.65. The summed E-state index contributed by atoms with van der Waals surface area (Å²) in [6.07, 6.45) is 0. The van der Waals surface area contributed by atoms with Crippen LogP contribution in [0.4, 0.5) is 0 Å². The fourth-order valence-corrected chi connectivity index (χ4v) is 9.90. The number of hydrogen-bond donors (Lipinski definition) is 0. The molecule has 1 aromatic carbocycles. The van der Waals surface area contributed by atoms with Gasteiger partial charge in [0, 0.05) is 0 Å². The van der Waals surface area contributed by atoms with Crippen LogP contribution in [0.3, 0.4) is 0 Å². The van der Waals surface area contributed by atoms with Crippen molar-refractivity contribution in [2.75, 3.05) is 0 Å². The summed E-state index contributed by atoms with van der Waals surface area (Å²) in [4.78, 5) is 12.8. The molecule has 0 fully saturated rings. The molecule has 0 aliphatic carbocycles. The second kappa shape index (κ2) is 7.51. The molecule has 0 N–H and O–H groups in total. The fraction of sp³-hybridized carbons (Fsp3) is 0.444. The quantitative estimate of drug-likeness (QED) is 0.638. The second-order valence-electron chi connectivity index (χ2n) is 5.93. The van der Waals surface area contributed by atoms with Crippen molar-refractivity contribution in [1.29, 1.82) is 0 Å². The molecule has 1 aromatic heterocycles. The van der Waals surface area contributed by atoms with Gasteiger partial charge in [-0.3, -0.25) is 0 Å². The van der Waals surface area contributed by atoms with E-state index >= 15 is 0 Å². The molecule has 0 radical (unpaired) electrons. The molecule has 0 spiro atoms. The van der Waals surface area contributed by atoms with E-state index in [1.807, 2.05) is 48.9 Å². The Labute approximate surface area is 143 Å². The second-order valence-corrected chi connectivity index (χ2v) is 19.3. The summed E-state index contributed by atoms with van der Waals surface area (Å²) in [6.45, 7) is 10.3. The molecular weight excluding hydrogens is 395 g/mol. The van der Waals surface area contributed by atoms with Gasteiger partial charge in [0.1, 0.15) is 0 Å². The maximum absolute atomic E-state index is 12.8. The molecule has 0 aliphatic heterocycles. The topological polar surface area (TPSA) is 44.1 Å². The molecule has 0 bridgehead atoms. The standard InChI is InChI=1S/C12H12N2O2.3C2H5.Sn/c1-8-11(12(15)16)9(2)14(13-8)10-6-4-3-5-7-10;3*1-2;/h3-7H,1-2H3,(H,15,16);3*1H2,2H3;/q;;;;+1/p-1. The number of rotatable bonds is 6. The predicted molar refractivity (Wildman–Crippen MR) is 95.7 cm³/mol. The fourth-order valence-electron chi connectivity index (χ4n) is 2.97. The third-order valence-corrected chi connectivity index (χ3v) is 17.5. The van der Waals surface area contributed by atoms with Crippen LogP contribution in [-0.4, -0.2) is 34.5 Å². The Morgan fingerprint density at radius 2 is 1.65 bits per heavy atom. The molecule has 0 saturated heterocycles. The van der Waals surface area contributed by atoms with Crippen molar-refractivity contribution < 1.29 is 7.87 Å². The molecule has 2 rings (SSSR count). The zero-order valence-electron chi connectivity index (χ0n) is 14.7. The van der Waals surface area contributed by atoms with Crippen molar-refractivity contribution in [3.63, 3.8) is 0 Å². The average molecular weight is 421 g/mol. The van der Waals surface area contributed by atoms with Crippen LogP contribution in [0.2, 0.25) is 13.3 Å². The minimum atomic E-state index is -2.78. The number of nitrogens with zero attached hydrogens (tertiary/aromatic N) is 2. The van der Waals surface area contributed by atoms with E-state index in [2.05, 4.69) is 25.9 Å². The number of benzene rings is 1. The first-order chi connectivity index (χ1) is 11.0. The van der Waals surface area contributed by atoms with Gasteiger partial charge in [0.2, 0.25) is 0 Å². The van der Waals surface area contributed by atoms with Crippen LogP contribution in [0.15, 0.2) is 30.3 Å². The van der Waals surface area contributed by atoms with Gasteiger partial charge >= 0.3 is 143 Å². The molecule has 0 unspecified atom stereocenters. The summed E-state index contributed by atoms with van der Waals surface area (Å²) in [6, 6.07) is 9.88. The normalized spacial score (nSPS) is 11.5. The van der Waals surface area contributed by atoms with Crippen LogP contribution in [0.25, 0.3) is 5.69 Å².